The first kappa shape index (κ1) is 21.3. The molecule has 0 radical (unpaired) electrons. The maximum absolute atomic E-state index is 14.0. The molecule has 4 unspecified atom stereocenters. The average Bonchev–Trinajstić information content (AvgIpc) is 3.28. The fourth-order valence-corrected chi connectivity index (χ4v) is 6.17. The van der Waals surface area contributed by atoms with Gasteiger partial charge in [-0.3, -0.25) is 15.0 Å². The number of halogens is 2. The number of nitrogens with one attached hydrogen (secondary N) is 3. The third kappa shape index (κ3) is 3.40. The van der Waals surface area contributed by atoms with Gasteiger partial charge in [0.2, 0.25) is 5.91 Å². The van der Waals surface area contributed by atoms with Crippen LogP contribution in [-0.4, -0.2) is 65.5 Å². The molecule has 0 aromatic carbocycles. The van der Waals surface area contributed by atoms with Gasteiger partial charge in [-0.05, 0) is 42.7 Å². The van der Waals surface area contributed by atoms with Crippen molar-refractivity contribution >= 4 is 23.3 Å². The van der Waals surface area contributed by atoms with E-state index < -0.39 is 6.17 Å². The van der Waals surface area contributed by atoms with E-state index in [4.69, 9.17) is 23.1 Å². The molecule has 11 heteroatoms. The molecule has 1 saturated carbocycles. The molecule has 1 aromatic rings. The number of hydrogen-bond acceptors (Lipinski definition) is 8. The zero-order valence-corrected chi connectivity index (χ0v) is 18.3. The van der Waals surface area contributed by atoms with Crippen LogP contribution >= 0.6 is 11.6 Å². The Balaban J connectivity index is 1.30. The third-order valence-corrected chi connectivity index (χ3v) is 8.20. The summed E-state index contributed by atoms with van der Waals surface area (Å²) in [7, 11) is 1.82. The molecule has 3 saturated heterocycles. The number of nitrogen functional groups attached to an aromatic ring is 1. The standard InChI is InChI=1S/C20H30ClFN8O/c1-29-18(31)13-15(11-2-5-25-16(24)14(11)21)27-28-17(13)26-19(29)30-6-3-20(4-7-30)9-10(22)8-12(20)23/h2,5,10,12-13,15,17,19,26-28H,3-4,6-9,23H2,1H3,(H2,24,25)/t10-,12-,13?,15?,17?,19?/m1/s1. The van der Waals surface area contributed by atoms with E-state index in [9.17, 15) is 9.18 Å². The molecular weight excluding hydrogens is 423 g/mol. The van der Waals surface area contributed by atoms with Crippen molar-refractivity contribution in [2.75, 3.05) is 25.9 Å². The first-order valence-corrected chi connectivity index (χ1v) is 11.3. The summed E-state index contributed by atoms with van der Waals surface area (Å²) in [5.41, 5.74) is 19.2. The lowest BCUT2D eigenvalue weighted by molar-refractivity contribution is -0.151. The fraction of sp³-hybridized carbons (Fsp3) is 0.700. The summed E-state index contributed by atoms with van der Waals surface area (Å²) in [6.07, 6.45) is 3.02. The van der Waals surface area contributed by atoms with E-state index in [1.165, 1.54) is 0 Å². The summed E-state index contributed by atoms with van der Waals surface area (Å²) >= 11 is 6.37. The molecule has 0 bridgehead atoms. The Bertz CT molecular complexity index is 866. The fourth-order valence-electron chi connectivity index (χ4n) is 5.94. The molecule has 31 heavy (non-hydrogen) atoms. The Morgan fingerprint density at radius 3 is 2.74 bits per heavy atom. The number of carbonyl (C=O) groups is 1. The molecule has 1 aromatic heterocycles. The van der Waals surface area contributed by atoms with Crippen molar-refractivity contribution in [2.24, 2.45) is 17.1 Å². The van der Waals surface area contributed by atoms with E-state index in [2.05, 4.69) is 26.1 Å². The van der Waals surface area contributed by atoms with Crippen LogP contribution in [0.4, 0.5) is 10.2 Å². The highest BCUT2D eigenvalue weighted by Gasteiger charge is 2.52. The second-order valence-corrected chi connectivity index (χ2v) is 9.78. The number of amides is 1. The van der Waals surface area contributed by atoms with Gasteiger partial charge in [0, 0.05) is 32.4 Å². The molecule has 5 rings (SSSR count). The second-order valence-electron chi connectivity index (χ2n) is 9.40. The van der Waals surface area contributed by atoms with Crippen LogP contribution in [-0.2, 0) is 4.79 Å². The minimum atomic E-state index is -0.792. The number of piperidine rings is 1. The Labute approximate surface area is 186 Å². The first-order valence-electron chi connectivity index (χ1n) is 10.9. The Morgan fingerprint density at radius 1 is 1.32 bits per heavy atom. The number of aromatic nitrogens is 1. The topological polar surface area (TPSA) is 125 Å². The van der Waals surface area contributed by atoms with E-state index in [1.54, 1.807) is 17.2 Å². The highest BCUT2D eigenvalue weighted by molar-refractivity contribution is 6.33. The number of nitrogens with zero attached hydrogens (tertiary/aromatic N) is 3. The van der Waals surface area contributed by atoms with Gasteiger partial charge in [-0.25, -0.2) is 20.2 Å². The number of rotatable bonds is 2. The number of alkyl halides is 1. The van der Waals surface area contributed by atoms with Gasteiger partial charge in [0.25, 0.3) is 0 Å². The number of hydrazine groups is 1. The van der Waals surface area contributed by atoms with Gasteiger partial charge in [-0.1, -0.05) is 11.6 Å². The molecule has 1 spiro atoms. The zero-order chi connectivity index (χ0) is 21.9. The van der Waals surface area contributed by atoms with Crippen LogP contribution in [0.1, 0.15) is 37.3 Å². The maximum atomic E-state index is 14.0. The second kappa shape index (κ2) is 7.79. The Kier molecular flexibility index (Phi) is 5.35. The molecule has 3 aliphatic heterocycles. The smallest absolute Gasteiger partial charge is 0.232 e. The van der Waals surface area contributed by atoms with Crippen molar-refractivity contribution in [1.29, 1.82) is 0 Å². The van der Waals surface area contributed by atoms with Crippen molar-refractivity contribution in [1.82, 2.24) is 31.0 Å². The lowest BCUT2D eigenvalue weighted by Gasteiger charge is -2.50. The van der Waals surface area contributed by atoms with E-state index in [-0.39, 0.29) is 47.6 Å². The molecule has 170 valence electrons. The lowest BCUT2D eigenvalue weighted by Crippen LogP contribution is -2.70. The molecule has 1 aliphatic carbocycles. The summed E-state index contributed by atoms with van der Waals surface area (Å²) in [6, 6.07) is 1.38. The first-order chi connectivity index (χ1) is 14.8. The van der Waals surface area contributed by atoms with Crippen LogP contribution in [0.3, 0.4) is 0 Å². The van der Waals surface area contributed by atoms with Gasteiger partial charge in [-0.2, -0.15) is 0 Å². The number of nitrogens with two attached hydrogens (primary N) is 2. The van der Waals surface area contributed by atoms with Gasteiger partial charge < -0.3 is 16.4 Å². The van der Waals surface area contributed by atoms with Crippen molar-refractivity contribution in [3.63, 3.8) is 0 Å². The van der Waals surface area contributed by atoms with E-state index >= 15 is 0 Å². The molecule has 1 amide bonds. The molecule has 4 fully saturated rings. The predicted molar refractivity (Wildman–Crippen MR) is 115 cm³/mol. The minimum absolute atomic E-state index is 0.0179. The van der Waals surface area contributed by atoms with Gasteiger partial charge >= 0.3 is 0 Å². The normalized spacial score (nSPS) is 38.1. The van der Waals surface area contributed by atoms with Crippen LogP contribution in [0.15, 0.2) is 12.3 Å². The Hall–Kier alpha value is -1.56. The number of hydrogen-bond donors (Lipinski definition) is 5. The average molecular weight is 453 g/mol. The molecule has 7 N–H and O–H groups in total. The summed E-state index contributed by atoms with van der Waals surface area (Å²) in [6.45, 7) is 1.55. The van der Waals surface area contributed by atoms with Gasteiger partial charge in [0.05, 0.1) is 23.1 Å². The molecule has 4 aliphatic rings. The summed E-state index contributed by atoms with van der Waals surface area (Å²) in [5, 5.41) is 3.92. The highest BCUT2D eigenvalue weighted by Crippen LogP contribution is 2.47. The lowest BCUT2D eigenvalue weighted by atomic mass is 9.74. The maximum Gasteiger partial charge on any atom is 0.232 e. The van der Waals surface area contributed by atoms with E-state index in [0.29, 0.717) is 17.9 Å². The van der Waals surface area contributed by atoms with Crippen LogP contribution in [0.5, 0.6) is 0 Å². The number of fused-ring (bicyclic) bond motifs is 1. The summed E-state index contributed by atoms with van der Waals surface area (Å²) in [4.78, 5) is 21.4. The summed E-state index contributed by atoms with van der Waals surface area (Å²) in [5.74, 6) is -0.119. The Morgan fingerprint density at radius 2 is 2.06 bits per heavy atom. The van der Waals surface area contributed by atoms with Crippen LogP contribution in [0.25, 0.3) is 0 Å². The molecule has 4 heterocycles. The molecule has 9 nitrogen and oxygen atoms in total. The largest absolute Gasteiger partial charge is 0.382 e. The number of pyridine rings is 1. The summed E-state index contributed by atoms with van der Waals surface area (Å²) < 4.78 is 14.0. The molecule has 6 atom stereocenters. The highest BCUT2D eigenvalue weighted by atomic mass is 35.5. The van der Waals surface area contributed by atoms with E-state index in [1.807, 2.05) is 7.05 Å². The van der Waals surface area contributed by atoms with Gasteiger partial charge in [0.15, 0.2) is 0 Å². The predicted octanol–water partition coefficient (Wildman–Crippen LogP) is 0.295. The van der Waals surface area contributed by atoms with Crippen LogP contribution < -0.4 is 27.6 Å². The van der Waals surface area contributed by atoms with Gasteiger partial charge in [0.1, 0.15) is 18.3 Å². The number of anilines is 1. The molecular formula is C20H30ClFN8O. The quantitative estimate of drug-likeness (QED) is 0.434. The number of carbonyl (C=O) groups excluding carboxylic acids is 1. The monoisotopic (exact) mass is 452 g/mol. The van der Waals surface area contributed by atoms with E-state index in [0.717, 1.165) is 31.5 Å². The minimum Gasteiger partial charge on any atom is -0.382 e. The number of likely N-dealkylation sites (tertiary alicyclic amines) is 1. The van der Waals surface area contributed by atoms with Crippen LogP contribution in [0, 0.1) is 11.3 Å². The van der Waals surface area contributed by atoms with Gasteiger partial charge in [-0.15, -0.1) is 0 Å². The van der Waals surface area contributed by atoms with Crippen molar-refractivity contribution in [3.8, 4) is 0 Å². The van der Waals surface area contributed by atoms with Crippen molar-refractivity contribution in [2.45, 2.75) is 56.4 Å². The SMILES string of the molecule is CN1C(=O)C2C(NNC2c2ccnc(N)c2Cl)NC1N1CCC2(CC1)C[C@H](F)C[C@H]2N. The van der Waals surface area contributed by atoms with Crippen molar-refractivity contribution < 1.29 is 9.18 Å². The third-order valence-electron chi connectivity index (χ3n) is 7.79. The zero-order valence-electron chi connectivity index (χ0n) is 17.5. The van der Waals surface area contributed by atoms with Crippen LogP contribution in [0.2, 0.25) is 5.02 Å². The van der Waals surface area contributed by atoms with Crippen molar-refractivity contribution in [3.05, 3.63) is 22.8 Å².